The average molecular weight is 668 g/mol. The van der Waals surface area contributed by atoms with E-state index in [0.29, 0.717) is 5.91 Å². The van der Waals surface area contributed by atoms with Crippen LogP contribution in [0.3, 0.4) is 0 Å². The molecule has 8 heteroatoms. The molecular weight excluding hydrogens is 629 g/mol. The molecule has 1 aliphatic carbocycles. The van der Waals surface area contributed by atoms with Crippen LogP contribution >= 0.6 is 46.0 Å². The Balaban J connectivity index is 1.18. The number of piperazine rings is 1. The van der Waals surface area contributed by atoms with Crippen molar-refractivity contribution in [3.63, 3.8) is 0 Å². The predicted molar refractivity (Wildman–Crippen MR) is 166 cm³/mol. The number of thioether (sulfide) groups is 1. The molecule has 2 saturated heterocycles. The molecule has 0 bridgehead atoms. The maximum atomic E-state index is 13.7. The van der Waals surface area contributed by atoms with E-state index in [1.165, 1.54) is 43.2 Å². The predicted octanol–water partition coefficient (Wildman–Crippen LogP) is 6.04. The standard InChI is InChI=1S/C30H39ClIN3O2S/c1-37-28-10-5-22(17-27(28)32)18-33-21-30(11-3-2-4-12-30)35-15-13-34(14-16-35)29(36)26-20-38-19-25(26)23-6-8-24(31)9-7-23/h5-10,17,25-26,33H,2-4,11-16,18-21H2,1H3/t25-,26+/m0/s1. The fourth-order valence-corrected chi connectivity index (χ4v) is 8.92. The number of nitrogens with one attached hydrogen (secondary N) is 1. The Morgan fingerprint density at radius 2 is 1.82 bits per heavy atom. The maximum Gasteiger partial charge on any atom is 0.227 e. The first kappa shape index (κ1) is 28.5. The van der Waals surface area contributed by atoms with Gasteiger partial charge in [-0.15, -0.1) is 0 Å². The summed E-state index contributed by atoms with van der Waals surface area (Å²) in [7, 11) is 1.72. The van der Waals surface area contributed by atoms with Gasteiger partial charge in [-0.25, -0.2) is 0 Å². The van der Waals surface area contributed by atoms with Crippen LogP contribution in [-0.4, -0.2) is 72.6 Å². The molecule has 0 radical (unpaired) electrons. The van der Waals surface area contributed by atoms with E-state index in [2.05, 4.69) is 68.0 Å². The molecule has 0 aromatic heterocycles. The minimum Gasteiger partial charge on any atom is -0.496 e. The van der Waals surface area contributed by atoms with Gasteiger partial charge in [0.1, 0.15) is 5.75 Å². The molecule has 3 fully saturated rings. The fourth-order valence-electron chi connectivity index (χ4n) is 6.55. The number of methoxy groups -OCH3 is 1. The second-order valence-corrected chi connectivity index (χ2v) is 13.6. The lowest BCUT2D eigenvalue weighted by atomic mass is 9.79. The largest absolute Gasteiger partial charge is 0.496 e. The number of hydrogen-bond acceptors (Lipinski definition) is 5. The molecule has 5 rings (SSSR count). The van der Waals surface area contributed by atoms with E-state index in [1.54, 1.807) is 7.11 Å². The number of rotatable bonds is 8. The highest BCUT2D eigenvalue weighted by Crippen LogP contribution is 2.40. The zero-order valence-electron chi connectivity index (χ0n) is 22.3. The van der Waals surface area contributed by atoms with Gasteiger partial charge < -0.3 is 15.0 Å². The molecule has 38 heavy (non-hydrogen) atoms. The normalized spacial score (nSPS) is 23.9. The van der Waals surface area contributed by atoms with Crippen LogP contribution in [0.2, 0.25) is 5.02 Å². The Labute approximate surface area is 250 Å². The monoisotopic (exact) mass is 667 g/mol. The van der Waals surface area contributed by atoms with Gasteiger partial charge in [0.15, 0.2) is 0 Å². The van der Waals surface area contributed by atoms with E-state index in [-0.39, 0.29) is 17.4 Å². The lowest BCUT2D eigenvalue weighted by Gasteiger charge is -2.50. The molecule has 0 spiro atoms. The van der Waals surface area contributed by atoms with Crippen molar-refractivity contribution in [1.29, 1.82) is 0 Å². The van der Waals surface area contributed by atoms with Crippen LogP contribution in [0.1, 0.15) is 49.1 Å². The number of carbonyl (C=O) groups is 1. The third-order valence-corrected chi connectivity index (χ3v) is 11.0. The molecule has 1 amide bonds. The molecule has 5 nitrogen and oxygen atoms in total. The van der Waals surface area contributed by atoms with Crippen molar-refractivity contribution in [2.45, 2.75) is 50.1 Å². The van der Waals surface area contributed by atoms with Crippen LogP contribution in [0.5, 0.6) is 5.75 Å². The van der Waals surface area contributed by atoms with Gasteiger partial charge in [0.05, 0.1) is 16.6 Å². The van der Waals surface area contributed by atoms with Gasteiger partial charge in [0.25, 0.3) is 0 Å². The first-order valence-electron chi connectivity index (χ1n) is 13.9. The summed E-state index contributed by atoms with van der Waals surface area (Å²) in [4.78, 5) is 18.5. The van der Waals surface area contributed by atoms with Crippen molar-refractivity contribution in [2.24, 2.45) is 5.92 Å². The van der Waals surface area contributed by atoms with Gasteiger partial charge >= 0.3 is 0 Å². The first-order chi connectivity index (χ1) is 18.5. The average Bonchev–Trinajstić information content (AvgIpc) is 3.44. The molecule has 2 aliphatic heterocycles. The maximum absolute atomic E-state index is 13.7. The van der Waals surface area contributed by atoms with Crippen molar-refractivity contribution in [2.75, 3.05) is 51.3 Å². The number of nitrogens with zero attached hydrogens (tertiary/aromatic N) is 2. The number of hydrogen-bond donors (Lipinski definition) is 1. The molecule has 1 saturated carbocycles. The van der Waals surface area contributed by atoms with Crippen LogP contribution in [0.4, 0.5) is 0 Å². The van der Waals surface area contributed by atoms with Gasteiger partial charge in [-0.05, 0) is 70.8 Å². The molecule has 206 valence electrons. The highest BCUT2D eigenvalue weighted by atomic mass is 127. The summed E-state index contributed by atoms with van der Waals surface area (Å²) in [5.41, 5.74) is 2.73. The summed E-state index contributed by atoms with van der Waals surface area (Å²) in [5, 5.41) is 4.56. The first-order valence-corrected chi connectivity index (χ1v) is 16.5. The summed E-state index contributed by atoms with van der Waals surface area (Å²) >= 11 is 10.4. The van der Waals surface area contributed by atoms with Crippen LogP contribution in [0.25, 0.3) is 0 Å². The Hall–Kier alpha value is -1.000. The smallest absolute Gasteiger partial charge is 0.227 e. The van der Waals surface area contributed by atoms with Crippen molar-refractivity contribution >= 4 is 51.9 Å². The number of ether oxygens (including phenoxy) is 1. The third-order valence-electron chi connectivity index (χ3n) is 8.74. The molecule has 3 aliphatic rings. The third kappa shape index (κ3) is 6.48. The van der Waals surface area contributed by atoms with Crippen molar-refractivity contribution in [3.8, 4) is 5.75 Å². The SMILES string of the molecule is COc1ccc(CNCC2(N3CCN(C(=O)[C@@H]4CSC[C@H]4c4ccc(Cl)cc4)CC3)CCCCC2)cc1I. The molecule has 2 heterocycles. The van der Waals surface area contributed by atoms with Gasteiger partial charge in [0, 0.05) is 67.3 Å². The quantitative estimate of drug-likeness (QED) is 0.348. The van der Waals surface area contributed by atoms with Crippen molar-refractivity contribution in [3.05, 3.63) is 62.2 Å². The number of amides is 1. The lowest BCUT2D eigenvalue weighted by Crippen LogP contribution is -2.62. The molecule has 0 unspecified atom stereocenters. The molecule has 2 aromatic carbocycles. The summed E-state index contributed by atoms with van der Waals surface area (Å²) in [6.45, 7) is 5.49. The molecule has 1 N–H and O–H groups in total. The minimum absolute atomic E-state index is 0.0744. The highest BCUT2D eigenvalue weighted by molar-refractivity contribution is 14.1. The number of benzene rings is 2. The summed E-state index contributed by atoms with van der Waals surface area (Å²) < 4.78 is 6.57. The molecule has 2 aromatic rings. The van der Waals surface area contributed by atoms with Gasteiger partial charge in [-0.1, -0.05) is 49.1 Å². The van der Waals surface area contributed by atoms with E-state index >= 15 is 0 Å². The fraction of sp³-hybridized carbons (Fsp3) is 0.567. The van der Waals surface area contributed by atoms with Crippen LogP contribution in [-0.2, 0) is 11.3 Å². The van der Waals surface area contributed by atoms with Crippen molar-refractivity contribution in [1.82, 2.24) is 15.1 Å². The van der Waals surface area contributed by atoms with Crippen LogP contribution in [0, 0.1) is 9.49 Å². The van der Waals surface area contributed by atoms with Crippen LogP contribution in [0.15, 0.2) is 42.5 Å². The van der Waals surface area contributed by atoms with E-state index in [1.807, 2.05) is 23.9 Å². The van der Waals surface area contributed by atoms with E-state index < -0.39 is 0 Å². The van der Waals surface area contributed by atoms with Gasteiger partial charge in [0.2, 0.25) is 5.91 Å². The Morgan fingerprint density at radius 3 is 2.50 bits per heavy atom. The van der Waals surface area contributed by atoms with E-state index in [9.17, 15) is 4.79 Å². The zero-order chi connectivity index (χ0) is 26.5. The minimum atomic E-state index is 0.0744. The highest BCUT2D eigenvalue weighted by Gasteiger charge is 2.42. The summed E-state index contributed by atoms with van der Waals surface area (Å²) in [5.74, 6) is 3.58. The van der Waals surface area contributed by atoms with Crippen molar-refractivity contribution < 1.29 is 9.53 Å². The van der Waals surface area contributed by atoms with Gasteiger partial charge in [-0.3, -0.25) is 9.69 Å². The number of halogens is 2. The second-order valence-electron chi connectivity index (χ2n) is 11.0. The Kier molecular flexibility index (Phi) is 9.84. The lowest BCUT2D eigenvalue weighted by molar-refractivity contribution is -0.138. The summed E-state index contributed by atoms with van der Waals surface area (Å²) in [6, 6.07) is 14.5. The Bertz CT molecular complexity index is 1090. The number of carbonyl (C=O) groups excluding carboxylic acids is 1. The Morgan fingerprint density at radius 1 is 1.08 bits per heavy atom. The molecule has 2 atom stereocenters. The van der Waals surface area contributed by atoms with E-state index in [0.717, 1.165) is 65.1 Å². The van der Waals surface area contributed by atoms with E-state index in [4.69, 9.17) is 16.3 Å². The molecular formula is C30H39ClIN3O2S. The summed E-state index contributed by atoms with van der Waals surface area (Å²) in [6.07, 6.45) is 6.41. The topological polar surface area (TPSA) is 44.8 Å². The zero-order valence-corrected chi connectivity index (χ0v) is 26.0. The van der Waals surface area contributed by atoms with Gasteiger partial charge in [-0.2, -0.15) is 11.8 Å². The second kappa shape index (κ2) is 13.1. The van der Waals surface area contributed by atoms with Crippen LogP contribution < -0.4 is 10.1 Å².